The van der Waals surface area contributed by atoms with Gasteiger partial charge in [-0.1, -0.05) is 69.6 Å². The van der Waals surface area contributed by atoms with Gasteiger partial charge >= 0.3 is 12.8 Å². The predicted molar refractivity (Wildman–Crippen MR) is 127 cm³/mol. The lowest BCUT2D eigenvalue weighted by Gasteiger charge is -2.07. The van der Waals surface area contributed by atoms with Gasteiger partial charge in [0.2, 0.25) is 0 Å². The van der Waals surface area contributed by atoms with Crippen molar-refractivity contribution in [2.45, 2.75) is 64.2 Å². The fourth-order valence-corrected chi connectivity index (χ4v) is 4.51. The van der Waals surface area contributed by atoms with Crippen molar-refractivity contribution in [2.75, 3.05) is 30.7 Å². The number of benzene rings is 1. The van der Waals surface area contributed by atoms with Gasteiger partial charge in [-0.05, 0) is 42.9 Å². The number of unbranched alkanes of at least 4 members (excludes halogenated alkanes) is 9. The van der Waals surface area contributed by atoms with Crippen LogP contribution in [-0.2, 0) is 4.57 Å². The number of nitrogens with one attached hydrogen (secondary N) is 3. The third kappa shape index (κ3) is 17.8. The highest BCUT2D eigenvalue weighted by Crippen LogP contribution is 2.49. The molecule has 5 N–H and O–H groups in total. The first-order valence-corrected chi connectivity index (χ1v) is 14.2. The van der Waals surface area contributed by atoms with Gasteiger partial charge in [-0.2, -0.15) is 0 Å². The van der Waals surface area contributed by atoms with Crippen molar-refractivity contribution in [1.82, 2.24) is 10.6 Å². The van der Waals surface area contributed by atoms with E-state index < -0.39 is 6.80 Å². The van der Waals surface area contributed by atoms with E-state index in [1.807, 2.05) is 30.3 Å². The minimum absolute atomic E-state index is 0.142. The predicted octanol–water partition coefficient (Wildman–Crippen LogP) is 5.12. The normalized spacial score (nSPS) is 11.4. The monoisotopic (exact) mass is 459 g/mol. The minimum atomic E-state index is -3.91. The van der Waals surface area contributed by atoms with E-state index in [1.54, 1.807) is 0 Å². The van der Waals surface area contributed by atoms with Crippen LogP contribution < -0.4 is 16.0 Å². The average molecular weight is 460 g/mol. The van der Waals surface area contributed by atoms with Crippen molar-refractivity contribution >= 4 is 29.9 Å². The molecule has 7 nitrogen and oxygen atoms in total. The summed E-state index contributed by atoms with van der Waals surface area (Å²) in [6, 6.07) is 9.31. The number of urea groups is 1. The molecule has 1 aromatic rings. The van der Waals surface area contributed by atoms with Crippen molar-refractivity contribution in [1.29, 1.82) is 0 Å². The third-order valence-electron chi connectivity index (χ3n) is 4.64. The largest absolute Gasteiger partial charge is 0.384 e. The van der Waals surface area contributed by atoms with Crippen molar-refractivity contribution in [3.8, 4) is 0 Å². The van der Waals surface area contributed by atoms with Crippen LogP contribution >= 0.6 is 18.2 Å². The van der Waals surface area contributed by atoms with Crippen molar-refractivity contribution in [3.63, 3.8) is 0 Å². The maximum Gasteiger partial charge on any atom is 0.384 e. The molecule has 30 heavy (non-hydrogen) atoms. The van der Waals surface area contributed by atoms with E-state index in [0.29, 0.717) is 30.2 Å². The summed E-state index contributed by atoms with van der Waals surface area (Å²) in [5, 5.41) is 8.93. The van der Waals surface area contributed by atoms with E-state index in [4.69, 9.17) is 9.79 Å². The second-order valence-electron chi connectivity index (χ2n) is 7.36. The standard InChI is InChI=1S/C21H38N3O4PS/c25-21(24-20-14-10-9-11-15-20)23-17-13-8-6-4-2-1-3-5-7-12-16-22-18-19-30-29(26,27)28/h9-11,14-15,22H,1-8,12-13,16-19H2,(H2,23,24,25)(H2,26,27,28). The average Bonchev–Trinajstić information content (AvgIpc) is 2.70. The van der Waals surface area contributed by atoms with Crippen LogP contribution in [0.4, 0.5) is 10.5 Å². The van der Waals surface area contributed by atoms with E-state index in [0.717, 1.165) is 31.5 Å². The highest BCUT2D eigenvalue weighted by Gasteiger charge is 2.11. The van der Waals surface area contributed by atoms with Gasteiger partial charge in [-0.15, -0.1) is 0 Å². The summed E-state index contributed by atoms with van der Waals surface area (Å²) < 4.78 is 10.7. The SMILES string of the molecule is O=C(NCCCCCCCCCCCCNCCSP(=O)(O)O)Nc1ccccc1. The number of carbonyl (C=O) groups excluding carboxylic acids is 1. The first kappa shape index (κ1) is 27.0. The Morgan fingerprint density at radius 3 is 1.90 bits per heavy atom. The van der Waals surface area contributed by atoms with E-state index in [2.05, 4.69) is 16.0 Å². The maximum atomic E-state index is 11.7. The van der Waals surface area contributed by atoms with Crippen LogP contribution in [0.1, 0.15) is 64.2 Å². The molecule has 0 saturated carbocycles. The lowest BCUT2D eigenvalue weighted by molar-refractivity contribution is 0.252. The molecular formula is C21H38N3O4PS. The lowest BCUT2D eigenvalue weighted by atomic mass is 10.1. The van der Waals surface area contributed by atoms with Crippen molar-refractivity contribution in [3.05, 3.63) is 30.3 Å². The fraction of sp³-hybridized carbons (Fsp3) is 0.667. The van der Waals surface area contributed by atoms with Gasteiger partial charge in [0.05, 0.1) is 0 Å². The summed E-state index contributed by atoms with van der Waals surface area (Å²) in [5.41, 5.74) is 0.809. The van der Waals surface area contributed by atoms with E-state index in [9.17, 15) is 9.36 Å². The number of hydrogen-bond acceptors (Lipinski definition) is 4. The van der Waals surface area contributed by atoms with Crippen molar-refractivity contribution in [2.24, 2.45) is 0 Å². The summed E-state index contributed by atoms with van der Waals surface area (Å²) in [6.07, 6.45) is 12.0. The first-order chi connectivity index (χ1) is 14.5. The minimum Gasteiger partial charge on any atom is -0.338 e. The topological polar surface area (TPSA) is 111 Å². The van der Waals surface area contributed by atoms with Crippen LogP contribution in [0.25, 0.3) is 0 Å². The molecule has 9 heteroatoms. The number of amides is 2. The molecule has 0 spiro atoms. The number of hydrogen-bond donors (Lipinski definition) is 5. The zero-order valence-corrected chi connectivity index (χ0v) is 19.6. The first-order valence-electron chi connectivity index (χ1n) is 11.0. The quantitative estimate of drug-likeness (QED) is 0.154. The van der Waals surface area contributed by atoms with Crippen LogP contribution in [0.15, 0.2) is 30.3 Å². The Balaban J connectivity index is 1.75. The number of para-hydroxylation sites is 1. The molecule has 0 aliphatic carbocycles. The van der Waals surface area contributed by atoms with Gasteiger partial charge in [0.25, 0.3) is 0 Å². The summed E-state index contributed by atoms with van der Waals surface area (Å²) in [7, 11) is 0. The molecule has 0 aliphatic heterocycles. The number of rotatable bonds is 18. The summed E-state index contributed by atoms with van der Waals surface area (Å²) in [5.74, 6) is 0.446. The Morgan fingerprint density at radius 1 is 0.800 bits per heavy atom. The van der Waals surface area contributed by atoms with E-state index in [1.165, 1.54) is 44.9 Å². The Bertz CT molecular complexity index is 601. The summed E-state index contributed by atoms with van der Waals surface area (Å²) in [6.45, 7) is -1.64. The van der Waals surface area contributed by atoms with Crippen LogP contribution in [0.3, 0.4) is 0 Å². The smallest absolute Gasteiger partial charge is 0.338 e. The number of carbonyl (C=O) groups is 1. The maximum absolute atomic E-state index is 11.7. The lowest BCUT2D eigenvalue weighted by Crippen LogP contribution is -2.29. The van der Waals surface area contributed by atoms with Gasteiger partial charge in [-0.3, -0.25) is 0 Å². The highest BCUT2D eigenvalue weighted by atomic mass is 32.7. The molecule has 0 radical (unpaired) electrons. The summed E-state index contributed by atoms with van der Waals surface area (Å²) in [4.78, 5) is 29.2. The Morgan fingerprint density at radius 2 is 1.33 bits per heavy atom. The van der Waals surface area contributed by atoms with Gasteiger partial charge < -0.3 is 25.7 Å². The zero-order valence-electron chi connectivity index (χ0n) is 17.9. The zero-order chi connectivity index (χ0) is 21.9. The Kier molecular flexibility index (Phi) is 15.8. The van der Waals surface area contributed by atoms with Crippen molar-refractivity contribution < 1.29 is 19.1 Å². The molecule has 172 valence electrons. The molecule has 0 aliphatic rings. The molecule has 2 amide bonds. The molecule has 1 aromatic carbocycles. The number of anilines is 1. The van der Waals surface area contributed by atoms with Crippen LogP contribution in [0.5, 0.6) is 0 Å². The van der Waals surface area contributed by atoms with Gasteiger partial charge in [0.1, 0.15) is 0 Å². The van der Waals surface area contributed by atoms with Gasteiger partial charge in [-0.25, -0.2) is 9.36 Å². The van der Waals surface area contributed by atoms with Crippen LogP contribution in [0.2, 0.25) is 0 Å². The molecule has 0 bridgehead atoms. The molecule has 0 saturated heterocycles. The van der Waals surface area contributed by atoms with E-state index in [-0.39, 0.29) is 6.03 Å². The van der Waals surface area contributed by atoms with Gasteiger partial charge in [0, 0.05) is 24.5 Å². The Labute approximate surface area is 185 Å². The molecule has 0 heterocycles. The van der Waals surface area contributed by atoms with Gasteiger partial charge in [0.15, 0.2) is 0 Å². The summed E-state index contributed by atoms with van der Waals surface area (Å²) >= 11 is 0.703. The molecular weight excluding hydrogens is 421 g/mol. The molecule has 0 atom stereocenters. The van der Waals surface area contributed by atoms with E-state index >= 15 is 0 Å². The Hall–Kier alpha value is -1.05. The second-order valence-corrected chi connectivity index (χ2v) is 11.2. The third-order valence-corrected chi connectivity index (χ3v) is 6.92. The fourth-order valence-electron chi connectivity index (χ4n) is 3.05. The van der Waals surface area contributed by atoms with Crippen LogP contribution in [-0.4, -0.2) is 41.2 Å². The molecule has 1 rings (SSSR count). The molecule has 0 fully saturated rings. The second kappa shape index (κ2) is 17.6. The van der Waals surface area contributed by atoms with Crippen LogP contribution in [0, 0.1) is 0 Å². The molecule has 0 unspecified atom stereocenters. The highest BCUT2D eigenvalue weighted by molar-refractivity contribution is 8.54. The molecule has 0 aromatic heterocycles.